The van der Waals surface area contributed by atoms with Gasteiger partial charge in [-0.1, -0.05) is 17.7 Å². The zero-order chi connectivity index (χ0) is 19.3. The van der Waals surface area contributed by atoms with Crippen molar-refractivity contribution in [3.05, 3.63) is 28.8 Å². The summed E-state index contributed by atoms with van der Waals surface area (Å²) in [6.07, 6.45) is 1.41. The van der Waals surface area contributed by atoms with E-state index >= 15 is 0 Å². The van der Waals surface area contributed by atoms with E-state index in [9.17, 15) is 4.79 Å². The van der Waals surface area contributed by atoms with Crippen LogP contribution >= 0.6 is 11.6 Å². The van der Waals surface area contributed by atoms with Gasteiger partial charge in [0.05, 0.1) is 18.2 Å². The van der Waals surface area contributed by atoms with Gasteiger partial charge in [0.25, 0.3) is 0 Å². The van der Waals surface area contributed by atoms with Crippen molar-refractivity contribution in [1.29, 1.82) is 0 Å². The van der Waals surface area contributed by atoms with E-state index in [0.29, 0.717) is 24.6 Å². The lowest BCUT2D eigenvalue weighted by Gasteiger charge is -2.39. The number of carbonyl (C=O) groups excluding carboxylic acids is 1. The Balaban J connectivity index is 1.47. The molecule has 27 heavy (non-hydrogen) atoms. The molecule has 6 nitrogen and oxygen atoms in total. The first kappa shape index (κ1) is 20.4. The highest BCUT2D eigenvalue weighted by molar-refractivity contribution is 6.32. The molecule has 1 aromatic rings. The number of hydrogen-bond acceptors (Lipinski definition) is 5. The molecule has 1 aromatic carbocycles. The van der Waals surface area contributed by atoms with Crippen LogP contribution in [0.1, 0.15) is 32.3 Å². The Hall–Kier alpha value is -1.34. The number of benzene rings is 1. The lowest BCUT2D eigenvalue weighted by molar-refractivity contribution is -0.125. The molecular weight excluding hydrogens is 366 g/mol. The molecule has 2 aliphatic rings. The molecule has 2 fully saturated rings. The topological polar surface area (TPSA) is 62.8 Å². The number of carbonyl (C=O) groups is 1. The van der Waals surface area contributed by atoms with Gasteiger partial charge in [-0.2, -0.15) is 0 Å². The number of hydrogen-bond donors (Lipinski definition) is 2. The monoisotopic (exact) mass is 395 g/mol. The second kappa shape index (κ2) is 9.24. The summed E-state index contributed by atoms with van der Waals surface area (Å²) in [4.78, 5) is 13.9. The zero-order valence-corrected chi connectivity index (χ0v) is 17.0. The van der Waals surface area contributed by atoms with Crippen LogP contribution in [0.25, 0.3) is 0 Å². The molecule has 1 atom stereocenters. The van der Waals surface area contributed by atoms with Crippen molar-refractivity contribution in [3.8, 4) is 5.75 Å². The third-order valence-corrected chi connectivity index (χ3v) is 5.61. The predicted octanol–water partition coefficient (Wildman–Crippen LogP) is 2.20. The van der Waals surface area contributed by atoms with Crippen LogP contribution < -0.4 is 15.4 Å². The fourth-order valence-corrected chi connectivity index (χ4v) is 3.88. The Kier molecular flexibility index (Phi) is 6.98. The van der Waals surface area contributed by atoms with E-state index in [2.05, 4.69) is 29.4 Å². The number of halogens is 1. The maximum Gasteiger partial charge on any atom is 0.220 e. The summed E-state index contributed by atoms with van der Waals surface area (Å²) < 4.78 is 11.2. The maximum absolute atomic E-state index is 11.6. The average molecular weight is 396 g/mol. The number of nitrogens with zero attached hydrogens (tertiary/aromatic N) is 1. The van der Waals surface area contributed by atoms with E-state index in [1.807, 2.05) is 18.2 Å². The molecule has 2 aliphatic heterocycles. The van der Waals surface area contributed by atoms with Gasteiger partial charge in [-0.15, -0.1) is 0 Å². The van der Waals surface area contributed by atoms with Crippen LogP contribution in [0, 0.1) is 0 Å². The van der Waals surface area contributed by atoms with Crippen molar-refractivity contribution in [2.45, 2.75) is 44.8 Å². The lowest BCUT2D eigenvalue weighted by atomic mass is 9.87. The summed E-state index contributed by atoms with van der Waals surface area (Å²) >= 11 is 6.40. The van der Waals surface area contributed by atoms with E-state index in [-0.39, 0.29) is 17.5 Å². The minimum atomic E-state index is -0.248. The smallest absolute Gasteiger partial charge is 0.220 e. The molecular formula is C20H30ClN3O3. The van der Waals surface area contributed by atoms with Crippen LogP contribution in [0.3, 0.4) is 0 Å². The van der Waals surface area contributed by atoms with Gasteiger partial charge in [0.15, 0.2) is 0 Å². The summed E-state index contributed by atoms with van der Waals surface area (Å²) in [7, 11) is 0. The van der Waals surface area contributed by atoms with Gasteiger partial charge in [-0.25, -0.2) is 0 Å². The van der Waals surface area contributed by atoms with Gasteiger partial charge >= 0.3 is 0 Å². The van der Waals surface area contributed by atoms with Crippen LogP contribution in [-0.4, -0.2) is 61.8 Å². The fourth-order valence-electron chi connectivity index (χ4n) is 3.62. The van der Waals surface area contributed by atoms with E-state index < -0.39 is 0 Å². The Morgan fingerprint density at radius 1 is 1.37 bits per heavy atom. The fraction of sp³-hybridized carbons (Fsp3) is 0.650. The van der Waals surface area contributed by atoms with E-state index in [0.717, 1.165) is 50.6 Å². The minimum Gasteiger partial charge on any atom is -0.491 e. The maximum atomic E-state index is 11.6. The molecule has 1 amide bonds. The number of morpholine rings is 1. The summed E-state index contributed by atoms with van der Waals surface area (Å²) in [5.74, 6) is 0.846. The van der Waals surface area contributed by atoms with Crippen LogP contribution in [0.4, 0.5) is 0 Å². The van der Waals surface area contributed by atoms with Gasteiger partial charge < -0.3 is 20.1 Å². The molecule has 3 rings (SSSR count). The second-order valence-electron chi connectivity index (χ2n) is 7.81. The number of rotatable bonds is 7. The molecule has 0 bridgehead atoms. The molecule has 2 saturated heterocycles. The molecule has 150 valence electrons. The van der Waals surface area contributed by atoms with Crippen molar-refractivity contribution < 1.29 is 14.3 Å². The van der Waals surface area contributed by atoms with Gasteiger partial charge in [0.2, 0.25) is 5.91 Å². The third kappa shape index (κ3) is 5.82. The van der Waals surface area contributed by atoms with Crippen LogP contribution in [0.2, 0.25) is 5.02 Å². The standard InChI is InChI=1S/C20H30ClN3O3/c1-20(2)18(5-6-19(25)23-20)22-14-15-3-4-17(16(21)13-15)27-12-9-24-7-10-26-11-8-24/h3-4,13,18,22H,5-12,14H2,1-2H3,(H,23,25). The lowest BCUT2D eigenvalue weighted by Crippen LogP contribution is -2.60. The van der Waals surface area contributed by atoms with Crippen molar-refractivity contribution in [2.24, 2.45) is 0 Å². The van der Waals surface area contributed by atoms with Gasteiger partial charge in [0, 0.05) is 44.2 Å². The van der Waals surface area contributed by atoms with E-state index in [1.54, 1.807) is 0 Å². The molecule has 1 unspecified atom stereocenters. The quantitative estimate of drug-likeness (QED) is 0.741. The highest BCUT2D eigenvalue weighted by atomic mass is 35.5. The number of piperidine rings is 1. The van der Waals surface area contributed by atoms with Crippen molar-refractivity contribution in [2.75, 3.05) is 39.5 Å². The molecule has 2 N–H and O–H groups in total. The van der Waals surface area contributed by atoms with Crippen LogP contribution in [0.15, 0.2) is 18.2 Å². The molecule has 0 spiro atoms. The summed E-state index contributed by atoms with van der Waals surface area (Å²) in [6.45, 7) is 9.82. The predicted molar refractivity (Wildman–Crippen MR) is 106 cm³/mol. The third-order valence-electron chi connectivity index (χ3n) is 5.31. The van der Waals surface area contributed by atoms with Crippen molar-refractivity contribution >= 4 is 17.5 Å². The largest absolute Gasteiger partial charge is 0.491 e. The average Bonchev–Trinajstić information content (AvgIpc) is 2.63. The highest BCUT2D eigenvalue weighted by Gasteiger charge is 2.34. The Morgan fingerprint density at radius 3 is 2.85 bits per heavy atom. The number of nitrogens with one attached hydrogen (secondary N) is 2. The van der Waals surface area contributed by atoms with Crippen molar-refractivity contribution in [3.63, 3.8) is 0 Å². The Bertz CT molecular complexity index is 647. The van der Waals surface area contributed by atoms with Gasteiger partial charge in [0.1, 0.15) is 12.4 Å². The SMILES string of the molecule is CC1(C)NC(=O)CCC1NCc1ccc(OCCN2CCOCC2)c(Cl)c1. The molecule has 7 heteroatoms. The first-order valence-electron chi connectivity index (χ1n) is 9.70. The van der Waals surface area contributed by atoms with E-state index in [1.165, 1.54) is 0 Å². The second-order valence-corrected chi connectivity index (χ2v) is 8.22. The van der Waals surface area contributed by atoms with Gasteiger partial charge in [-0.3, -0.25) is 9.69 Å². The normalized spacial score (nSPS) is 23.1. The summed E-state index contributed by atoms with van der Waals surface area (Å²) in [5, 5.41) is 7.23. The summed E-state index contributed by atoms with van der Waals surface area (Å²) in [6, 6.07) is 6.16. The molecule has 2 heterocycles. The van der Waals surface area contributed by atoms with E-state index in [4.69, 9.17) is 21.1 Å². The molecule has 0 saturated carbocycles. The Labute approximate surface area is 166 Å². The Morgan fingerprint density at radius 2 is 2.15 bits per heavy atom. The molecule has 0 aliphatic carbocycles. The van der Waals surface area contributed by atoms with Crippen LogP contribution in [-0.2, 0) is 16.1 Å². The van der Waals surface area contributed by atoms with Crippen LogP contribution in [0.5, 0.6) is 5.75 Å². The zero-order valence-electron chi connectivity index (χ0n) is 16.2. The van der Waals surface area contributed by atoms with Gasteiger partial charge in [-0.05, 0) is 38.0 Å². The number of ether oxygens (including phenoxy) is 2. The highest BCUT2D eigenvalue weighted by Crippen LogP contribution is 2.26. The minimum absolute atomic E-state index is 0.125. The molecule has 0 aromatic heterocycles. The summed E-state index contributed by atoms with van der Waals surface area (Å²) in [5.41, 5.74) is 0.857. The first-order valence-corrected chi connectivity index (χ1v) is 10.1. The molecule has 0 radical (unpaired) electrons. The number of amides is 1. The van der Waals surface area contributed by atoms with Crippen molar-refractivity contribution in [1.82, 2.24) is 15.5 Å². The first-order chi connectivity index (χ1) is 12.9.